The fourth-order valence-electron chi connectivity index (χ4n) is 17.8. The van der Waals surface area contributed by atoms with E-state index < -0.39 is 0 Å². The molecule has 0 atom stereocenters. The highest BCUT2D eigenvalue weighted by atomic mass is 16.5. The van der Waals surface area contributed by atoms with Crippen LogP contribution in [0.15, 0.2) is 260 Å². The van der Waals surface area contributed by atoms with Gasteiger partial charge in [0.25, 0.3) is 0 Å². The maximum atomic E-state index is 6.11. The van der Waals surface area contributed by atoms with E-state index in [-0.39, 0.29) is 6.10 Å². The molecule has 1 aliphatic heterocycles. The molecule has 0 bridgehead atoms. The molecule has 18 aromatic heterocycles. The van der Waals surface area contributed by atoms with Crippen molar-refractivity contribution in [1.82, 2.24) is 153 Å². The lowest BCUT2D eigenvalue weighted by molar-refractivity contribution is 0.242. The number of benzene rings is 8. The first-order valence-electron chi connectivity index (χ1n) is 46.3. The van der Waals surface area contributed by atoms with Crippen molar-refractivity contribution < 1.29 is 23.0 Å². The summed E-state index contributed by atoms with van der Waals surface area (Å²) in [6.07, 6.45) is 15.6. The van der Waals surface area contributed by atoms with E-state index in [9.17, 15) is 0 Å². The number of ether oxygens (including phenoxy) is 3. The Morgan fingerprint density at radius 3 is 1.26 bits per heavy atom. The lowest BCUT2D eigenvalue weighted by atomic mass is 10.0. The number of para-hydroxylation sites is 3. The topological polar surface area (TPSA) is 586 Å². The average molecular weight is 1960 g/mol. The maximum Gasteiger partial charge on any atom is 0.163 e. The van der Waals surface area contributed by atoms with Crippen LogP contribution in [0.4, 0.5) is 40.7 Å². The van der Waals surface area contributed by atoms with Crippen LogP contribution in [-0.4, -0.2) is 166 Å². The van der Waals surface area contributed by atoms with Crippen molar-refractivity contribution in [2.45, 2.75) is 39.7 Å². The third kappa shape index (κ3) is 17.9. The molecular weight excluding hydrogens is 1860 g/mol. The molecule has 730 valence electrons. The summed E-state index contributed by atoms with van der Waals surface area (Å²) in [7, 11) is 12.9. The summed E-state index contributed by atoms with van der Waals surface area (Å²) < 4.78 is 40.4. The first-order chi connectivity index (χ1) is 71.4. The minimum Gasteiger partial charge on any atom is -0.493 e. The third-order valence-corrected chi connectivity index (χ3v) is 24.6. The number of aryl methyl sites for hydroxylation is 8. The monoisotopic (exact) mass is 1950 g/mol. The molecule has 8 aromatic carbocycles. The Morgan fingerprint density at radius 1 is 0.367 bits per heavy atom. The number of hydrogen-bond acceptors (Lipinski definition) is 34. The van der Waals surface area contributed by atoms with Gasteiger partial charge in [0.1, 0.15) is 159 Å². The SMILES string of the molecule is CC(C)Oc1ccc(-c2nn(C)c3ncnc(N)c23)cc1.CCc1[nH]nc2cc(-c3nn(C)c4ncnc(N)c34)ccc12.Cn1nc(-c2ccc(Oc3ccccc3)cc2)c2c(N)ncnc21.Cn1nc(-c2ccc3[nH]ccc3c2)c2c(N)ncnc21.Cn1nc(-c2ccc3c(c2)CCO3)c2c(N)ncnc21.Cn1nc(-c2cccc3c2oc2ccccc23)c2c(N)ncnc21.Cn1nc(-c2ccco2)c2c(N)ncnc21. The second-order valence-electron chi connectivity index (χ2n) is 34.4. The van der Waals surface area contributed by atoms with Crippen molar-refractivity contribution in [2.75, 3.05) is 46.7 Å². The molecule has 1 aliphatic rings. The summed E-state index contributed by atoms with van der Waals surface area (Å²) in [6, 6.07) is 63.2. The Hall–Kier alpha value is -20.3. The first-order valence-corrected chi connectivity index (χ1v) is 46.3. The Morgan fingerprint density at radius 2 is 0.776 bits per heavy atom. The molecule has 0 saturated heterocycles. The third-order valence-electron chi connectivity index (χ3n) is 24.6. The molecule has 0 unspecified atom stereocenters. The Balaban J connectivity index is 0.000000101. The summed E-state index contributed by atoms with van der Waals surface area (Å²) >= 11 is 0. The molecule has 0 spiro atoms. The number of aromatic amines is 2. The second kappa shape index (κ2) is 39.1. The van der Waals surface area contributed by atoms with Crippen LogP contribution in [0.25, 0.3) is 200 Å². The molecule has 19 heterocycles. The summed E-state index contributed by atoms with van der Waals surface area (Å²) in [4.78, 5) is 61.2. The van der Waals surface area contributed by atoms with Crippen LogP contribution in [0.3, 0.4) is 0 Å². The van der Waals surface area contributed by atoms with E-state index in [1.807, 2.05) is 220 Å². The predicted molar refractivity (Wildman–Crippen MR) is 565 cm³/mol. The van der Waals surface area contributed by atoms with E-state index in [0.29, 0.717) is 69.1 Å². The van der Waals surface area contributed by atoms with E-state index in [1.165, 1.54) is 49.9 Å². The quantitative estimate of drug-likeness (QED) is 0.0548. The molecule has 0 amide bonds. The highest BCUT2D eigenvalue weighted by Gasteiger charge is 2.27. The van der Waals surface area contributed by atoms with Crippen LogP contribution in [0.2, 0.25) is 0 Å². The number of fused-ring (bicyclic) bond motifs is 13. The number of nitrogens with zero attached hydrogens (tertiary/aromatic N) is 29. The number of H-pyrrole nitrogens is 2. The van der Waals surface area contributed by atoms with Crippen molar-refractivity contribution in [3.8, 4) is 102 Å². The van der Waals surface area contributed by atoms with Crippen LogP contribution >= 0.6 is 0 Å². The Kier molecular flexibility index (Phi) is 24.7. The van der Waals surface area contributed by atoms with Gasteiger partial charge >= 0.3 is 0 Å². The molecule has 43 nitrogen and oxygen atoms in total. The summed E-state index contributed by atoms with van der Waals surface area (Å²) in [5.41, 5.74) is 64.0. The van der Waals surface area contributed by atoms with Crippen molar-refractivity contribution in [1.29, 1.82) is 0 Å². The van der Waals surface area contributed by atoms with Gasteiger partial charge in [0, 0.05) is 128 Å². The number of nitrogens with one attached hydrogen (secondary N) is 2. The molecule has 26 aromatic rings. The first kappa shape index (κ1) is 93.0. The lowest BCUT2D eigenvalue weighted by Crippen LogP contribution is -2.05. The molecule has 16 N–H and O–H groups in total. The number of anilines is 7. The molecule has 43 heteroatoms. The minimum absolute atomic E-state index is 0.149. The molecule has 0 saturated carbocycles. The fraction of sp³-hybridized carbons (Fsp3) is 0.135. The number of rotatable bonds is 12. The molecule has 0 aliphatic carbocycles. The van der Waals surface area contributed by atoms with Gasteiger partial charge in [-0.3, -0.25) is 5.10 Å². The van der Waals surface area contributed by atoms with Crippen LogP contribution < -0.4 is 54.3 Å². The maximum absolute atomic E-state index is 6.11. The molecular formula is C104H94N38O5. The second-order valence-corrected chi connectivity index (χ2v) is 34.4. The van der Waals surface area contributed by atoms with Crippen molar-refractivity contribution in [3.63, 3.8) is 0 Å². The molecule has 0 radical (unpaired) electrons. The summed E-state index contributed by atoms with van der Waals surface area (Å²) in [5, 5.41) is 48.8. The molecule has 27 rings (SSSR count). The largest absolute Gasteiger partial charge is 0.493 e. The number of furan rings is 2. The fourth-order valence-corrected chi connectivity index (χ4v) is 17.8. The van der Waals surface area contributed by atoms with Crippen LogP contribution in [-0.2, 0) is 62.2 Å². The van der Waals surface area contributed by atoms with Gasteiger partial charge in [-0.2, -0.15) is 40.8 Å². The zero-order valence-corrected chi connectivity index (χ0v) is 80.9. The number of nitrogen functional groups attached to an aromatic ring is 7. The Bertz CT molecular complexity index is 9400. The van der Waals surface area contributed by atoms with Gasteiger partial charge < -0.3 is 68.2 Å². The van der Waals surface area contributed by atoms with Gasteiger partial charge in [0.2, 0.25) is 0 Å². The van der Waals surface area contributed by atoms with Crippen molar-refractivity contribution in [3.05, 3.63) is 262 Å². The average Bonchev–Trinajstić information content (AvgIpc) is 1.59. The normalized spacial score (nSPS) is 11.6. The van der Waals surface area contributed by atoms with Crippen LogP contribution in [0, 0.1) is 0 Å². The van der Waals surface area contributed by atoms with Gasteiger partial charge in [-0.05, 0) is 153 Å². The van der Waals surface area contributed by atoms with Gasteiger partial charge in [-0.15, -0.1) is 0 Å². The van der Waals surface area contributed by atoms with E-state index in [2.05, 4.69) is 158 Å². The molecule has 147 heavy (non-hydrogen) atoms. The van der Waals surface area contributed by atoms with Gasteiger partial charge in [0.15, 0.2) is 45.3 Å². The van der Waals surface area contributed by atoms with Crippen molar-refractivity contribution in [2.24, 2.45) is 49.3 Å². The van der Waals surface area contributed by atoms with E-state index in [0.717, 1.165) is 220 Å². The van der Waals surface area contributed by atoms with Gasteiger partial charge in [0.05, 0.1) is 62.2 Å². The molecule has 0 fully saturated rings. The highest BCUT2D eigenvalue weighted by molar-refractivity contribution is 6.13. The summed E-state index contributed by atoms with van der Waals surface area (Å²) in [6.45, 7) is 6.84. The van der Waals surface area contributed by atoms with E-state index >= 15 is 0 Å². The van der Waals surface area contributed by atoms with E-state index in [4.69, 9.17) is 63.2 Å². The minimum atomic E-state index is 0.149. The van der Waals surface area contributed by atoms with Crippen LogP contribution in [0.5, 0.6) is 23.0 Å². The lowest BCUT2D eigenvalue weighted by Gasteiger charge is -2.09. The zero-order valence-electron chi connectivity index (χ0n) is 80.9. The van der Waals surface area contributed by atoms with Crippen LogP contribution in [0.1, 0.15) is 32.0 Å². The van der Waals surface area contributed by atoms with Gasteiger partial charge in [-0.1, -0.05) is 73.7 Å². The number of nitrogens with two attached hydrogens (primary N) is 7. The van der Waals surface area contributed by atoms with Crippen molar-refractivity contribution >= 4 is 162 Å². The number of aromatic nitrogens is 31. The van der Waals surface area contributed by atoms with E-state index in [1.54, 1.807) is 52.1 Å². The number of hydrogen-bond donors (Lipinski definition) is 9. The predicted octanol–water partition coefficient (Wildman–Crippen LogP) is 16.2. The van der Waals surface area contributed by atoms with Gasteiger partial charge in [-0.25, -0.2) is 103 Å². The standard InChI is InChI=1S/C18H13N5O.C18H15N5O.C15H15N7.C15H17N5O.C14H12N6.C14H13N5O.C10H9N5O/c1-23-18-14(17(19)20-9-21-18)15(22-23)12-7-4-6-11-10-5-2-3-8-13(10)24-16(11)12;1-23-18-15(17(19)20-11-21-18)16(22-23)12-7-9-14(10-8-12)24-13-5-3-2-4-6-13;1-3-10-9-5-4-8(6-11(9)20-19-10)13-12-14(16)17-7-18-15(12)22(2)21-13;1-9(2)21-11-6-4-10(5-7-11)13-12-14(16)17-8-18-15(12)20(3)19-13;1-20-14-11(13(15)17-7-18-14)12(19-20)9-2-3-10-8(6-9)4-5-16-10;1-19-14-11(13(15)16-7-17-14)12(18-19)9-2-3-10-8(6-9)4-5-20-10;1-15-10-7(9(11)12-5-13-10)8(14-15)6-3-2-4-16-6/h2-9H,1H3,(H2,19,20,21);2-11H,1H3,(H2,19,20,21);4-7H,3H2,1-2H3,(H,19,20)(H2,16,17,18);4-9H,1-3H3,(H2,16,17,18);2-7,16H,1H3,(H2,15,17,18);2-3,6-7H,4-5H2,1H3,(H2,15,16,17);2-5H,1H3,(H2,11,12,13). The zero-order chi connectivity index (χ0) is 102. The summed E-state index contributed by atoms with van der Waals surface area (Å²) in [5.74, 6) is 7.02. The Labute approximate surface area is 833 Å². The smallest absolute Gasteiger partial charge is 0.163 e. The highest BCUT2D eigenvalue weighted by Crippen LogP contribution is 2.43.